The van der Waals surface area contributed by atoms with E-state index in [1.165, 1.54) is 0 Å². The van der Waals surface area contributed by atoms with E-state index in [2.05, 4.69) is 0 Å². The quantitative estimate of drug-likeness (QED) is 0.425. The van der Waals surface area contributed by atoms with E-state index < -0.39 is 0 Å². The van der Waals surface area contributed by atoms with Gasteiger partial charge in [-0.3, -0.25) is 0 Å². The van der Waals surface area contributed by atoms with Gasteiger partial charge in [-0.1, -0.05) is 18.2 Å². The Morgan fingerprint density at radius 1 is 1.40 bits per heavy atom. The summed E-state index contributed by atoms with van der Waals surface area (Å²) in [7, 11) is 0. The topological polar surface area (TPSA) is 47.6 Å². The molecule has 2 nitrogen and oxygen atoms in total. The van der Waals surface area contributed by atoms with E-state index in [1.807, 2.05) is 19.1 Å². The highest BCUT2D eigenvalue weighted by Crippen LogP contribution is 1.93. The molecule has 0 amide bonds. The summed E-state index contributed by atoms with van der Waals surface area (Å²) in [6.45, 7) is 1.90. The molecule has 0 aliphatic rings. The first kappa shape index (κ1) is 8.46. The van der Waals surface area contributed by atoms with Crippen molar-refractivity contribution < 1.29 is 0 Å². The van der Waals surface area contributed by atoms with E-state index in [0.717, 1.165) is 0 Å². The molecule has 0 fully saturated rings. The third kappa shape index (κ3) is 3.46. The molecule has 0 aromatic carbocycles. The maximum atomic E-state index is 8.26. The molecule has 0 aliphatic carbocycles. The first-order valence-corrected chi connectivity index (χ1v) is 2.96. The minimum atomic E-state index is 0.179. The van der Waals surface area contributed by atoms with Crippen LogP contribution in [0, 0.1) is 22.7 Å². The van der Waals surface area contributed by atoms with Crippen LogP contribution in [-0.4, -0.2) is 0 Å². The van der Waals surface area contributed by atoms with Gasteiger partial charge >= 0.3 is 0 Å². The van der Waals surface area contributed by atoms with E-state index in [4.69, 9.17) is 10.5 Å². The van der Waals surface area contributed by atoms with Crippen LogP contribution in [0.15, 0.2) is 23.8 Å². The van der Waals surface area contributed by atoms with Gasteiger partial charge in [-0.05, 0) is 13.3 Å². The molecule has 2 heteroatoms. The lowest BCUT2D eigenvalue weighted by Crippen LogP contribution is -1.69. The summed E-state index contributed by atoms with van der Waals surface area (Å²) < 4.78 is 0. The Labute approximate surface area is 60.7 Å². The predicted molar refractivity (Wildman–Crippen MR) is 38.7 cm³/mol. The van der Waals surface area contributed by atoms with Crippen LogP contribution < -0.4 is 0 Å². The molecule has 0 spiro atoms. The van der Waals surface area contributed by atoms with Gasteiger partial charge in [0.15, 0.2) is 0 Å². The van der Waals surface area contributed by atoms with E-state index in [-0.39, 0.29) is 5.57 Å². The molecular weight excluding hydrogens is 124 g/mol. The summed E-state index contributed by atoms with van der Waals surface area (Å²) in [6, 6.07) is 3.55. The van der Waals surface area contributed by atoms with Gasteiger partial charge in [0.25, 0.3) is 0 Å². The molecule has 0 heterocycles. The van der Waals surface area contributed by atoms with E-state index in [1.54, 1.807) is 18.2 Å². The van der Waals surface area contributed by atoms with Gasteiger partial charge in [0.2, 0.25) is 0 Å². The van der Waals surface area contributed by atoms with Crippen LogP contribution in [-0.2, 0) is 0 Å². The molecule has 0 radical (unpaired) electrons. The number of hydrogen-bond acceptors (Lipinski definition) is 2. The average molecular weight is 132 g/mol. The van der Waals surface area contributed by atoms with E-state index in [9.17, 15) is 0 Å². The Bertz CT molecular complexity index is 207. The summed E-state index contributed by atoms with van der Waals surface area (Å²) in [5, 5.41) is 16.5. The van der Waals surface area contributed by atoms with Gasteiger partial charge < -0.3 is 0 Å². The fraction of sp³-hybridized carbons (Fsp3) is 0.250. The van der Waals surface area contributed by atoms with Crippen LogP contribution in [0.4, 0.5) is 0 Å². The van der Waals surface area contributed by atoms with Crippen molar-refractivity contribution in [1.29, 1.82) is 10.5 Å². The minimum absolute atomic E-state index is 0.179. The average Bonchev–Trinajstić information content (AvgIpc) is 1.99. The molecule has 0 aromatic rings. The number of allylic oxidation sites excluding steroid dienone is 4. The summed E-state index contributed by atoms with van der Waals surface area (Å²) in [5.41, 5.74) is 0.179. The second-order valence-corrected chi connectivity index (χ2v) is 1.65. The smallest absolute Gasteiger partial charge is 0.126 e. The highest BCUT2D eigenvalue weighted by atomic mass is 14.3. The Morgan fingerprint density at radius 2 is 2.00 bits per heavy atom. The minimum Gasteiger partial charge on any atom is -0.192 e. The zero-order valence-electron chi connectivity index (χ0n) is 5.83. The predicted octanol–water partition coefficient (Wildman–Crippen LogP) is 1.93. The fourth-order valence-electron chi connectivity index (χ4n) is 0.438. The van der Waals surface area contributed by atoms with Crippen molar-refractivity contribution in [3.8, 4) is 12.1 Å². The zero-order valence-corrected chi connectivity index (χ0v) is 5.83. The lowest BCUT2D eigenvalue weighted by atomic mass is 10.2. The maximum absolute atomic E-state index is 8.26. The second-order valence-electron chi connectivity index (χ2n) is 1.65. The van der Waals surface area contributed by atoms with Gasteiger partial charge in [0, 0.05) is 0 Å². The van der Waals surface area contributed by atoms with Crippen LogP contribution in [0.25, 0.3) is 0 Å². The first-order chi connectivity index (χ1) is 4.85. The lowest BCUT2D eigenvalue weighted by molar-refractivity contribution is 1.34. The number of nitrogens with zero attached hydrogens (tertiary/aromatic N) is 2. The van der Waals surface area contributed by atoms with Crippen LogP contribution >= 0.6 is 0 Å². The first-order valence-electron chi connectivity index (χ1n) is 2.96. The van der Waals surface area contributed by atoms with Gasteiger partial charge in [-0.25, -0.2) is 0 Å². The molecule has 0 rings (SSSR count). The number of rotatable bonds is 2. The number of nitriles is 2. The third-order valence-electron chi connectivity index (χ3n) is 0.935. The van der Waals surface area contributed by atoms with Crippen molar-refractivity contribution in [2.24, 2.45) is 0 Å². The molecule has 0 N–H and O–H groups in total. The monoisotopic (exact) mass is 132 g/mol. The molecule has 0 unspecified atom stereocenters. The number of hydrogen-bond donors (Lipinski definition) is 0. The van der Waals surface area contributed by atoms with Crippen molar-refractivity contribution in [1.82, 2.24) is 0 Å². The van der Waals surface area contributed by atoms with Gasteiger partial charge in [-0.15, -0.1) is 0 Å². The maximum Gasteiger partial charge on any atom is 0.126 e. The molecule has 0 atom stereocenters. The lowest BCUT2D eigenvalue weighted by Gasteiger charge is -1.78. The van der Waals surface area contributed by atoms with Crippen LogP contribution in [0.5, 0.6) is 0 Å². The molecular formula is C8H8N2. The van der Waals surface area contributed by atoms with Gasteiger partial charge in [0.05, 0.1) is 0 Å². The largest absolute Gasteiger partial charge is 0.192 e. The zero-order chi connectivity index (χ0) is 7.82. The normalized spacial score (nSPS) is 8.30. The third-order valence-corrected chi connectivity index (χ3v) is 0.935. The summed E-state index contributed by atoms with van der Waals surface area (Å²) >= 11 is 0. The molecule has 0 saturated heterocycles. The second kappa shape index (κ2) is 5.59. The summed E-state index contributed by atoms with van der Waals surface area (Å²) in [4.78, 5) is 0. The molecule has 0 bridgehead atoms. The Hall–Kier alpha value is -1.54. The highest BCUT2D eigenvalue weighted by Gasteiger charge is 1.86. The van der Waals surface area contributed by atoms with Crippen LogP contribution in [0.1, 0.15) is 13.3 Å². The van der Waals surface area contributed by atoms with Crippen LogP contribution in [0.3, 0.4) is 0 Å². The molecule has 0 aliphatic heterocycles. The molecule has 0 saturated carbocycles. The van der Waals surface area contributed by atoms with Crippen molar-refractivity contribution in [3.63, 3.8) is 0 Å². The Kier molecular flexibility index (Phi) is 4.73. The van der Waals surface area contributed by atoms with E-state index >= 15 is 0 Å². The molecule has 10 heavy (non-hydrogen) atoms. The van der Waals surface area contributed by atoms with Crippen LogP contribution in [0.2, 0.25) is 0 Å². The van der Waals surface area contributed by atoms with Crippen molar-refractivity contribution in [2.45, 2.75) is 13.3 Å². The molecule has 50 valence electrons. The van der Waals surface area contributed by atoms with Crippen molar-refractivity contribution in [3.05, 3.63) is 23.8 Å². The standard InChI is InChI=1S/C8H8N2/c1-2-3-4-5-8(6-9)7-10/h2-3,5H,4H2,1H3/b3-2+. The summed E-state index contributed by atoms with van der Waals surface area (Å²) in [6.07, 6.45) is 6.02. The summed E-state index contributed by atoms with van der Waals surface area (Å²) in [5.74, 6) is 0. The van der Waals surface area contributed by atoms with Crippen molar-refractivity contribution in [2.75, 3.05) is 0 Å². The van der Waals surface area contributed by atoms with E-state index in [0.29, 0.717) is 6.42 Å². The van der Waals surface area contributed by atoms with Crippen molar-refractivity contribution >= 4 is 0 Å². The SMILES string of the molecule is C/C=C/CC=C(C#N)C#N. The highest BCUT2D eigenvalue weighted by molar-refractivity contribution is 5.35. The Balaban J connectivity index is 3.94. The van der Waals surface area contributed by atoms with Gasteiger partial charge in [-0.2, -0.15) is 10.5 Å². The Morgan fingerprint density at radius 3 is 2.40 bits per heavy atom. The fourth-order valence-corrected chi connectivity index (χ4v) is 0.438. The molecule has 0 aromatic heterocycles. The van der Waals surface area contributed by atoms with Gasteiger partial charge in [0.1, 0.15) is 17.7 Å².